The largest absolute Gasteiger partial charge is 0.368 e. The van der Waals surface area contributed by atoms with E-state index in [-0.39, 0.29) is 12.0 Å². The summed E-state index contributed by atoms with van der Waals surface area (Å²) < 4.78 is 5.39. The molecule has 0 saturated carbocycles. The van der Waals surface area contributed by atoms with Crippen LogP contribution >= 0.6 is 11.6 Å². The van der Waals surface area contributed by atoms with Gasteiger partial charge < -0.3 is 10.1 Å². The Morgan fingerprint density at radius 3 is 2.78 bits per heavy atom. The van der Waals surface area contributed by atoms with Crippen molar-refractivity contribution in [1.29, 1.82) is 0 Å². The molecule has 1 saturated heterocycles. The minimum Gasteiger partial charge on any atom is -0.368 e. The zero-order valence-corrected chi connectivity index (χ0v) is 11.2. The van der Waals surface area contributed by atoms with Crippen LogP contribution in [-0.4, -0.2) is 24.5 Å². The van der Waals surface area contributed by atoms with Gasteiger partial charge in [-0.1, -0.05) is 30.3 Å². The first-order valence-electron chi connectivity index (χ1n) is 6.21. The lowest BCUT2D eigenvalue weighted by Crippen LogP contribution is -2.48. The quantitative estimate of drug-likeness (QED) is 0.851. The molecular formula is C14H18ClNO2. The number of hydrogen-bond donors (Lipinski definition) is 1. The van der Waals surface area contributed by atoms with E-state index in [1.165, 1.54) is 0 Å². The molecule has 2 unspecified atom stereocenters. The van der Waals surface area contributed by atoms with Gasteiger partial charge in [0.05, 0.1) is 5.54 Å². The SMILES string of the molecule is CC(CCl)(NC(=O)C1CCCO1)c1ccccc1. The van der Waals surface area contributed by atoms with Crippen molar-refractivity contribution in [2.24, 2.45) is 0 Å². The summed E-state index contributed by atoms with van der Waals surface area (Å²) in [5.74, 6) is 0.259. The summed E-state index contributed by atoms with van der Waals surface area (Å²) >= 11 is 6.04. The van der Waals surface area contributed by atoms with E-state index in [0.29, 0.717) is 12.5 Å². The van der Waals surface area contributed by atoms with Crippen LogP contribution in [0.4, 0.5) is 0 Å². The van der Waals surface area contributed by atoms with Crippen LogP contribution in [-0.2, 0) is 15.1 Å². The number of carbonyl (C=O) groups is 1. The molecule has 1 aliphatic rings. The van der Waals surface area contributed by atoms with Gasteiger partial charge in [-0.15, -0.1) is 11.6 Å². The van der Waals surface area contributed by atoms with Gasteiger partial charge in [0.1, 0.15) is 6.10 Å². The van der Waals surface area contributed by atoms with Crippen molar-refractivity contribution in [2.45, 2.75) is 31.4 Å². The van der Waals surface area contributed by atoms with Crippen molar-refractivity contribution < 1.29 is 9.53 Å². The van der Waals surface area contributed by atoms with E-state index < -0.39 is 5.54 Å². The zero-order chi connectivity index (χ0) is 13.0. The fraction of sp³-hybridized carbons (Fsp3) is 0.500. The maximum atomic E-state index is 12.1. The smallest absolute Gasteiger partial charge is 0.249 e. The number of halogens is 1. The zero-order valence-electron chi connectivity index (χ0n) is 10.5. The molecule has 2 rings (SSSR count). The van der Waals surface area contributed by atoms with Gasteiger partial charge in [-0.3, -0.25) is 4.79 Å². The number of alkyl halides is 1. The Bertz CT molecular complexity index is 404. The lowest BCUT2D eigenvalue weighted by molar-refractivity contribution is -0.131. The third-order valence-corrected chi connectivity index (χ3v) is 3.83. The number of amides is 1. The summed E-state index contributed by atoms with van der Waals surface area (Å²) in [4.78, 5) is 12.1. The second-order valence-electron chi connectivity index (χ2n) is 4.82. The highest BCUT2D eigenvalue weighted by atomic mass is 35.5. The van der Waals surface area contributed by atoms with Crippen molar-refractivity contribution in [3.63, 3.8) is 0 Å². The molecule has 1 amide bonds. The maximum absolute atomic E-state index is 12.1. The summed E-state index contributed by atoms with van der Waals surface area (Å²) in [6.45, 7) is 2.60. The normalized spacial score (nSPS) is 22.4. The molecule has 1 N–H and O–H groups in total. The standard InChI is InChI=1S/C14H18ClNO2/c1-14(10-15,11-6-3-2-4-7-11)16-13(17)12-8-5-9-18-12/h2-4,6-7,12H,5,8-10H2,1H3,(H,16,17). The van der Waals surface area contributed by atoms with E-state index in [1.807, 2.05) is 37.3 Å². The molecule has 1 fully saturated rings. The van der Waals surface area contributed by atoms with Crippen LogP contribution in [0.25, 0.3) is 0 Å². The predicted octanol–water partition coefficient (Wildman–Crippen LogP) is 2.44. The Morgan fingerprint density at radius 1 is 1.50 bits per heavy atom. The minimum absolute atomic E-state index is 0.0699. The van der Waals surface area contributed by atoms with Gasteiger partial charge in [0.15, 0.2) is 0 Å². The molecule has 18 heavy (non-hydrogen) atoms. The second-order valence-corrected chi connectivity index (χ2v) is 5.09. The molecule has 2 atom stereocenters. The number of hydrogen-bond acceptors (Lipinski definition) is 2. The Morgan fingerprint density at radius 2 is 2.22 bits per heavy atom. The van der Waals surface area contributed by atoms with Crippen molar-refractivity contribution >= 4 is 17.5 Å². The minimum atomic E-state index is -0.550. The topological polar surface area (TPSA) is 38.3 Å². The Labute approximate surface area is 112 Å². The highest BCUT2D eigenvalue weighted by Crippen LogP contribution is 2.23. The molecular weight excluding hydrogens is 250 g/mol. The molecule has 4 heteroatoms. The summed E-state index contributed by atoms with van der Waals surface area (Å²) in [7, 11) is 0. The van der Waals surface area contributed by atoms with Gasteiger partial charge in [-0.25, -0.2) is 0 Å². The van der Waals surface area contributed by atoms with Crippen LogP contribution in [0.2, 0.25) is 0 Å². The van der Waals surface area contributed by atoms with E-state index in [1.54, 1.807) is 0 Å². The van der Waals surface area contributed by atoms with Crippen molar-refractivity contribution in [2.75, 3.05) is 12.5 Å². The fourth-order valence-electron chi connectivity index (χ4n) is 2.13. The number of benzene rings is 1. The van der Waals surface area contributed by atoms with Crippen molar-refractivity contribution in [3.8, 4) is 0 Å². The summed E-state index contributed by atoms with van der Waals surface area (Å²) in [5.41, 5.74) is 0.456. The van der Waals surface area contributed by atoms with E-state index in [4.69, 9.17) is 16.3 Å². The maximum Gasteiger partial charge on any atom is 0.249 e. The molecule has 3 nitrogen and oxygen atoms in total. The van der Waals surface area contributed by atoms with Crippen molar-refractivity contribution in [1.82, 2.24) is 5.32 Å². The summed E-state index contributed by atoms with van der Waals surface area (Å²) in [6, 6.07) is 9.77. The molecule has 0 bridgehead atoms. The van der Waals surface area contributed by atoms with Gasteiger partial charge in [-0.2, -0.15) is 0 Å². The first-order valence-corrected chi connectivity index (χ1v) is 6.74. The molecule has 1 aliphatic heterocycles. The number of nitrogens with one attached hydrogen (secondary N) is 1. The molecule has 0 radical (unpaired) electrons. The molecule has 1 heterocycles. The van der Waals surface area contributed by atoms with Gasteiger partial charge in [0, 0.05) is 12.5 Å². The van der Waals surface area contributed by atoms with E-state index in [2.05, 4.69) is 5.32 Å². The van der Waals surface area contributed by atoms with Gasteiger partial charge in [-0.05, 0) is 25.3 Å². The van der Waals surface area contributed by atoms with Crippen LogP contribution in [0.15, 0.2) is 30.3 Å². The van der Waals surface area contributed by atoms with Gasteiger partial charge in [0.2, 0.25) is 5.91 Å². The average Bonchev–Trinajstić information content (AvgIpc) is 2.93. The highest BCUT2D eigenvalue weighted by molar-refractivity contribution is 6.18. The molecule has 98 valence electrons. The lowest BCUT2D eigenvalue weighted by Gasteiger charge is -2.30. The van der Waals surface area contributed by atoms with Crippen LogP contribution in [0.1, 0.15) is 25.3 Å². The number of carbonyl (C=O) groups excluding carboxylic acids is 1. The monoisotopic (exact) mass is 267 g/mol. The highest BCUT2D eigenvalue weighted by Gasteiger charge is 2.32. The Hall–Kier alpha value is -1.06. The van der Waals surface area contributed by atoms with E-state index in [0.717, 1.165) is 18.4 Å². The summed E-state index contributed by atoms with van der Waals surface area (Å²) in [6.07, 6.45) is 1.41. The second kappa shape index (κ2) is 5.72. The molecule has 1 aromatic rings. The fourth-order valence-corrected chi connectivity index (χ4v) is 2.35. The van der Waals surface area contributed by atoms with Crippen molar-refractivity contribution in [3.05, 3.63) is 35.9 Å². The predicted molar refractivity (Wildman–Crippen MR) is 71.6 cm³/mol. The van der Waals surface area contributed by atoms with Crippen LogP contribution in [0.5, 0.6) is 0 Å². The third-order valence-electron chi connectivity index (χ3n) is 3.30. The van der Waals surface area contributed by atoms with Gasteiger partial charge in [0.25, 0.3) is 0 Å². The molecule has 0 aromatic heterocycles. The van der Waals surface area contributed by atoms with Crippen LogP contribution in [0.3, 0.4) is 0 Å². The molecule has 1 aromatic carbocycles. The van der Waals surface area contributed by atoms with Crippen LogP contribution in [0, 0.1) is 0 Å². The molecule has 0 spiro atoms. The van der Waals surface area contributed by atoms with Gasteiger partial charge >= 0.3 is 0 Å². The average molecular weight is 268 g/mol. The number of ether oxygens (including phenoxy) is 1. The molecule has 0 aliphatic carbocycles. The Balaban J connectivity index is 2.10. The lowest BCUT2D eigenvalue weighted by atomic mass is 9.93. The number of rotatable bonds is 4. The van der Waals surface area contributed by atoms with E-state index >= 15 is 0 Å². The third kappa shape index (κ3) is 2.85. The first-order chi connectivity index (χ1) is 8.65. The Kier molecular flexibility index (Phi) is 4.25. The van der Waals surface area contributed by atoms with Crippen LogP contribution < -0.4 is 5.32 Å². The summed E-state index contributed by atoms with van der Waals surface area (Å²) in [5, 5.41) is 3.01. The van der Waals surface area contributed by atoms with E-state index in [9.17, 15) is 4.79 Å². The first kappa shape index (κ1) is 13.4.